The van der Waals surface area contributed by atoms with E-state index in [-0.39, 0.29) is 0 Å². The maximum atomic E-state index is 9.00. The maximum Gasteiger partial charge on any atom is 0.300 e. The summed E-state index contributed by atoms with van der Waals surface area (Å²) < 4.78 is 0. The molecule has 0 aromatic carbocycles. The molecule has 0 saturated heterocycles. The number of aliphatic carboxylic acids is 1. The van der Waals surface area contributed by atoms with Crippen LogP contribution in [0.2, 0.25) is 0 Å². The van der Waals surface area contributed by atoms with Gasteiger partial charge in [0.1, 0.15) is 0 Å². The molecule has 2 N–H and O–H groups in total. The molecule has 0 saturated carbocycles. The standard InChI is InChI=1S/C4H5N.C2H4O2/c1-2-4-5-3-1;1-2(3)4/h1-5H;1H3,(H,3,4). The molecule has 0 fully saturated rings. The number of hydrogen-bond donors (Lipinski definition) is 2. The van der Waals surface area contributed by atoms with Crippen molar-refractivity contribution in [1.82, 2.24) is 4.98 Å². The predicted molar refractivity (Wildman–Crippen MR) is 34.1 cm³/mol. The highest BCUT2D eigenvalue weighted by molar-refractivity contribution is 5.62. The Labute approximate surface area is 53.3 Å². The summed E-state index contributed by atoms with van der Waals surface area (Å²) in [4.78, 5) is 11.9. The number of carboxylic acids is 1. The van der Waals surface area contributed by atoms with E-state index in [2.05, 4.69) is 4.98 Å². The fourth-order valence-corrected chi connectivity index (χ4v) is 0.278. The smallest absolute Gasteiger partial charge is 0.300 e. The second-order valence-corrected chi connectivity index (χ2v) is 1.40. The molecule has 1 aromatic heterocycles. The minimum atomic E-state index is -0.833. The van der Waals surface area contributed by atoms with Crippen molar-refractivity contribution in [3.8, 4) is 0 Å². The van der Waals surface area contributed by atoms with Crippen LogP contribution < -0.4 is 0 Å². The highest BCUT2D eigenvalue weighted by atomic mass is 16.4. The van der Waals surface area contributed by atoms with Crippen LogP contribution in [0.15, 0.2) is 24.5 Å². The number of H-pyrrole nitrogens is 1. The van der Waals surface area contributed by atoms with Crippen LogP contribution in [-0.2, 0) is 4.79 Å². The Balaban J connectivity index is 0.000000148. The van der Waals surface area contributed by atoms with Crippen LogP contribution in [0.4, 0.5) is 0 Å². The average molecular weight is 127 g/mol. The number of hydrogen-bond acceptors (Lipinski definition) is 1. The maximum absolute atomic E-state index is 9.00. The van der Waals surface area contributed by atoms with Crippen LogP contribution in [0.25, 0.3) is 0 Å². The van der Waals surface area contributed by atoms with Crippen molar-refractivity contribution in [2.45, 2.75) is 6.92 Å². The molecule has 0 aliphatic heterocycles. The van der Waals surface area contributed by atoms with E-state index in [0.29, 0.717) is 0 Å². The average Bonchev–Trinajstić information content (AvgIpc) is 2.11. The number of aromatic nitrogens is 1. The number of rotatable bonds is 0. The monoisotopic (exact) mass is 127 g/mol. The lowest BCUT2D eigenvalue weighted by molar-refractivity contribution is -0.134. The third-order valence-corrected chi connectivity index (χ3v) is 0.496. The SMILES string of the molecule is CC(=O)O.c1cc[nH]c1. The molecular formula is C6H9NO2. The van der Waals surface area contributed by atoms with Gasteiger partial charge >= 0.3 is 0 Å². The third-order valence-electron chi connectivity index (χ3n) is 0.496. The van der Waals surface area contributed by atoms with Gasteiger partial charge in [0, 0.05) is 19.3 Å². The first-order chi connectivity index (χ1) is 4.23. The molecule has 1 rings (SSSR count). The molecule has 0 bridgehead atoms. The predicted octanol–water partition coefficient (Wildman–Crippen LogP) is 1.11. The normalized spacial score (nSPS) is 7.22. The van der Waals surface area contributed by atoms with E-state index in [1.165, 1.54) is 0 Å². The lowest BCUT2D eigenvalue weighted by Crippen LogP contribution is -1.78. The third kappa shape index (κ3) is 10.8. The molecular weight excluding hydrogens is 118 g/mol. The fraction of sp³-hybridized carbons (Fsp3) is 0.167. The molecule has 0 unspecified atom stereocenters. The summed E-state index contributed by atoms with van der Waals surface area (Å²) in [5, 5.41) is 7.42. The van der Waals surface area contributed by atoms with E-state index in [0.717, 1.165) is 6.92 Å². The first-order valence-corrected chi connectivity index (χ1v) is 2.51. The molecule has 0 radical (unpaired) electrons. The van der Waals surface area contributed by atoms with Gasteiger partial charge in [-0.2, -0.15) is 0 Å². The Morgan fingerprint density at radius 2 is 1.78 bits per heavy atom. The summed E-state index contributed by atoms with van der Waals surface area (Å²) >= 11 is 0. The van der Waals surface area contributed by atoms with Crippen molar-refractivity contribution >= 4 is 5.97 Å². The Kier molecular flexibility index (Phi) is 4.22. The topological polar surface area (TPSA) is 53.1 Å². The van der Waals surface area contributed by atoms with E-state index in [1.807, 2.05) is 24.5 Å². The first kappa shape index (κ1) is 7.75. The van der Waals surface area contributed by atoms with Crippen LogP contribution in [0.3, 0.4) is 0 Å². The quantitative estimate of drug-likeness (QED) is 0.548. The van der Waals surface area contributed by atoms with Crippen molar-refractivity contribution in [1.29, 1.82) is 0 Å². The molecule has 0 aliphatic rings. The van der Waals surface area contributed by atoms with Gasteiger partial charge in [-0.3, -0.25) is 4.79 Å². The molecule has 50 valence electrons. The lowest BCUT2D eigenvalue weighted by Gasteiger charge is -1.59. The van der Waals surface area contributed by atoms with Crippen LogP contribution >= 0.6 is 0 Å². The molecule has 9 heavy (non-hydrogen) atoms. The molecule has 1 heterocycles. The van der Waals surface area contributed by atoms with Gasteiger partial charge in [-0.15, -0.1) is 0 Å². The summed E-state index contributed by atoms with van der Waals surface area (Å²) in [6.45, 7) is 1.08. The molecule has 3 nitrogen and oxygen atoms in total. The summed E-state index contributed by atoms with van der Waals surface area (Å²) in [5.41, 5.74) is 0. The minimum absolute atomic E-state index is 0.833. The second kappa shape index (κ2) is 4.90. The lowest BCUT2D eigenvalue weighted by atomic mass is 10.7. The largest absolute Gasteiger partial charge is 0.481 e. The highest BCUT2D eigenvalue weighted by Crippen LogP contribution is 1.72. The van der Waals surface area contributed by atoms with E-state index >= 15 is 0 Å². The van der Waals surface area contributed by atoms with Crippen molar-refractivity contribution in [2.75, 3.05) is 0 Å². The zero-order chi connectivity index (χ0) is 7.11. The van der Waals surface area contributed by atoms with E-state index in [1.54, 1.807) is 0 Å². The molecule has 0 atom stereocenters. The fourth-order valence-electron chi connectivity index (χ4n) is 0.278. The number of carbonyl (C=O) groups is 1. The second-order valence-electron chi connectivity index (χ2n) is 1.40. The Hall–Kier alpha value is -1.25. The molecule has 0 aliphatic carbocycles. The highest BCUT2D eigenvalue weighted by Gasteiger charge is 1.65. The Bertz CT molecular complexity index is 125. The molecule has 0 spiro atoms. The molecule has 0 amide bonds. The van der Waals surface area contributed by atoms with E-state index in [9.17, 15) is 0 Å². The summed E-state index contributed by atoms with van der Waals surface area (Å²) in [7, 11) is 0. The van der Waals surface area contributed by atoms with E-state index < -0.39 is 5.97 Å². The van der Waals surface area contributed by atoms with Gasteiger partial charge in [0.05, 0.1) is 0 Å². The van der Waals surface area contributed by atoms with Gasteiger partial charge in [0.25, 0.3) is 5.97 Å². The van der Waals surface area contributed by atoms with Crippen LogP contribution in [0, 0.1) is 0 Å². The van der Waals surface area contributed by atoms with Gasteiger partial charge in [0.2, 0.25) is 0 Å². The zero-order valence-corrected chi connectivity index (χ0v) is 5.16. The van der Waals surface area contributed by atoms with Gasteiger partial charge in [-0.1, -0.05) is 0 Å². The Morgan fingerprint density at radius 3 is 1.89 bits per heavy atom. The van der Waals surface area contributed by atoms with Crippen molar-refractivity contribution < 1.29 is 9.90 Å². The number of nitrogens with one attached hydrogen (secondary N) is 1. The van der Waals surface area contributed by atoms with Gasteiger partial charge < -0.3 is 10.1 Å². The number of aromatic amines is 1. The zero-order valence-electron chi connectivity index (χ0n) is 5.16. The van der Waals surface area contributed by atoms with Gasteiger partial charge in [0.15, 0.2) is 0 Å². The van der Waals surface area contributed by atoms with Crippen LogP contribution in [0.1, 0.15) is 6.92 Å². The molecule has 1 aromatic rings. The molecule has 3 heteroatoms. The summed E-state index contributed by atoms with van der Waals surface area (Å²) in [5.74, 6) is -0.833. The first-order valence-electron chi connectivity index (χ1n) is 2.51. The van der Waals surface area contributed by atoms with Gasteiger partial charge in [-0.05, 0) is 12.1 Å². The minimum Gasteiger partial charge on any atom is -0.481 e. The van der Waals surface area contributed by atoms with Crippen molar-refractivity contribution in [3.05, 3.63) is 24.5 Å². The van der Waals surface area contributed by atoms with Crippen LogP contribution in [0.5, 0.6) is 0 Å². The summed E-state index contributed by atoms with van der Waals surface area (Å²) in [6.07, 6.45) is 3.75. The van der Waals surface area contributed by atoms with Crippen LogP contribution in [-0.4, -0.2) is 16.1 Å². The Morgan fingerprint density at radius 1 is 1.44 bits per heavy atom. The summed E-state index contributed by atoms with van der Waals surface area (Å²) in [6, 6.07) is 3.89. The van der Waals surface area contributed by atoms with Crippen molar-refractivity contribution in [3.63, 3.8) is 0 Å². The number of carboxylic acid groups (broad SMARTS) is 1. The van der Waals surface area contributed by atoms with Gasteiger partial charge in [-0.25, -0.2) is 0 Å². The van der Waals surface area contributed by atoms with Crippen molar-refractivity contribution in [2.24, 2.45) is 0 Å². The van der Waals surface area contributed by atoms with E-state index in [4.69, 9.17) is 9.90 Å².